The van der Waals surface area contributed by atoms with Crippen molar-refractivity contribution in [3.05, 3.63) is 11.1 Å². The van der Waals surface area contributed by atoms with Crippen LogP contribution in [0.5, 0.6) is 0 Å². The summed E-state index contributed by atoms with van der Waals surface area (Å²) in [4.78, 5) is 24.8. The van der Waals surface area contributed by atoms with Crippen LogP contribution in [0.2, 0.25) is 0 Å². The topological polar surface area (TPSA) is 57.6 Å². The predicted octanol–water partition coefficient (Wildman–Crippen LogP) is 3.08. The van der Waals surface area contributed by atoms with Crippen LogP contribution in [-0.2, 0) is 4.79 Å². The highest BCUT2D eigenvalue weighted by Crippen LogP contribution is 2.40. The monoisotopic (exact) mass is 265 g/mol. The van der Waals surface area contributed by atoms with Gasteiger partial charge in [0.15, 0.2) is 5.78 Å². The number of amides is 1. The van der Waals surface area contributed by atoms with Crippen LogP contribution < -0.4 is 0 Å². The molecule has 1 amide bonds. The van der Waals surface area contributed by atoms with E-state index in [4.69, 9.17) is 0 Å². The maximum atomic E-state index is 11.8. The SMILES string of the molecule is CC1=C2CCN(C(=O)O)C(CC(C)C)C2CCC1=O. The van der Waals surface area contributed by atoms with Crippen LogP contribution in [0.3, 0.4) is 0 Å². The average molecular weight is 265 g/mol. The number of fused-ring (bicyclic) bond motifs is 1. The minimum atomic E-state index is -0.820. The van der Waals surface area contributed by atoms with E-state index in [9.17, 15) is 14.7 Å². The van der Waals surface area contributed by atoms with Gasteiger partial charge in [-0.3, -0.25) is 4.79 Å². The zero-order chi connectivity index (χ0) is 14.2. The molecule has 2 rings (SSSR count). The highest BCUT2D eigenvalue weighted by atomic mass is 16.4. The molecule has 0 bridgehead atoms. The Kier molecular flexibility index (Phi) is 3.97. The van der Waals surface area contributed by atoms with E-state index in [1.54, 1.807) is 4.90 Å². The van der Waals surface area contributed by atoms with Gasteiger partial charge in [0, 0.05) is 24.9 Å². The van der Waals surface area contributed by atoms with Crippen molar-refractivity contribution in [1.82, 2.24) is 4.90 Å². The number of nitrogens with zero attached hydrogens (tertiary/aromatic N) is 1. The first kappa shape index (κ1) is 14.1. The Hall–Kier alpha value is -1.32. The van der Waals surface area contributed by atoms with Gasteiger partial charge in [-0.2, -0.15) is 0 Å². The molecule has 1 aliphatic carbocycles. The second kappa shape index (κ2) is 5.35. The van der Waals surface area contributed by atoms with Gasteiger partial charge in [-0.15, -0.1) is 0 Å². The molecule has 4 nitrogen and oxygen atoms in total. The molecule has 106 valence electrons. The average Bonchev–Trinajstić information content (AvgIpc) is 2.33. The smallest absolute Gasteiger partial charge is 0.407 e. The Morgan fingerprint density at radius 2 is 2.11 bits per heavy atom. The summed E-state index contributed by atoms with van der Waals surface area (Å²) in [7, 11) is 0. The highest BCUT2D eigenvalue weighted by molar-refractivity contribution is 5.96. The second-order valence-corrected chi connectivity index (χ2v) is 6.14. The molecule has 1 aliphatic heterocycles. The zero-order valence-electron chi connectivity index (χ0n) is 12.0. The van der Waals surface area contributed by atoms with Crippen LogP contribution in [0.25, 0.3) is 0 Å². The summed E-state index contributed by atoms with van der Waals surface area (Å²) in [6.45, 7) is 6.69. The Balaban J connectivity index is 2.32. The maximum absolute atomic E-state index is 11.8. The number of carbonyl (C=O) groups is 2. The molecular formula is C15H23NO3. The lowest BCUT2D eigenvalue weighted by Crippen LogP contribution is -2.50. The Labute approximate surface area is 114 Å². The molecule has 2 atom stereocenters. The van der Waals surface area contributed by atoms with Crippen LogP contribution in [0.4, 0.5) is 4.79 Å². The summed E-state index contributed by atoms with van der Waals surface area (Å²) in [5.74, 6) is 0.965. The van der Waals surface area contributed by atoms with Crippen molar-refractivity contribution in [2.75, 3.05) is 6.54 Å². The third-order valence-electron chi connectivity index (χ3n) is 4.48. The fraction of sp³-hybridized carbons (Fsp3) is 0.733. The van der Waals surface area contributed by atoms with Crippen molar-refractivity contribution in [1.29, 1.82) is 0 Å². The van der Waals surface area contributed by atoms with E-state index in [2.05, 4.69) is 13.8 Å². The van der Waals surface area contributed by atoms with Crippen molar-refractivity contribution < 1.29 is 14.7 Å². The van der Waals surface area contributed by atoms with Crippen LogP contribution in [0.15, 0.2) is 11.1 Å². The van der Waals surface area contributed by atoms with Crippen LogP contribution in [-0.4, -0.2) is 34.5 Å². The van der Waals surface area contributed by atoms with Gasteiger partial charge in [-0.1, -0.05) is 19.4 Å². The molecule has 1 N–H and O–H groups in total. The summed E-state index contributed by atoms with van der Waals surface area (Å²) in [5.41, 5.74) is 2.12. The maximum Gasteiger partial charge on any atom is 0.407 e. The molecule has 0 spiro atoms. The van der Waals surface area contributed by atoms with Gasteiger partial charge in [0.25, 0.3) is 0 Å². The quantitative estimate of drug-likeness (QED) is 0.834. The molecule has 2 aliphatic rings. The van der Waals surface area contributed by atoms with Crippen molar-refractivity contribution in [3.63, 3.8) is 0 Å². The van der Waals surface area contributed by atoms with E-state index in [1.165, 1.54) is 5.57 Å². The van der Waals surface area contributed by atoms with E-state index in [0.717, 1.165) is 24.8 Å². The summed E-state index contributed by atoms with van der Waals surface area (Å²) >= 11 is 0. The van der Waals surface area contributed by atoms with Crippen molar-refractivity contribution in [3.8, 4) is 0 Å². The van der Waals surface area contributed by atoms with Crippen LogP contribution >= 0.6 is 0 Å². The van der Waals surface area contributed by atoms with E-state index in [0.29, 0.717) is 18.9 Å². The van der Waals surface area contributed by atoms with Crippen LogP contribution in [0, 0.1) is 11.8 Å². The number of allylic oxidation sites excluding steroid dienone is 1. The molecule has 1 fully saturated rings. The first-order valence-electron chi connectivity index (χ1n) is 7.14. The van der Waals surface area contributed by atoms with Crippen LogP contribution in [0.1, 0.15) is 46.5 Å². The number of hydrogen-bond acceptors (Lipinski definition) is 2. The van der Waals surface area contributed by atoms with Crippen molar-refractivity contribution in [2.24, 2.45) is 11.8 Å². The summed E-state index contributed by atoms with van der Waals surface area (Å²) in [5, 5.41) is 9.37. The fourth-order valence-electron chi connectivity index (χ4n) is 3.54. The lowest BCUT2D eigenvalue weighted by atomic mass is 9.72. The van der Waals surface area contributed by atoms with Gasteiger partial charge in [-0.25, -0.2) is 4.79 Å². The number of ketones is 1. The van der Waals surface area contributed by atoms with Crippen molar-refractivity contribution >= 4 is 11.9 Å². The van der Waals surface area contributed by atoms with Gasteiger partial charge >= 0.3 is 6.09 Å². The number of carboxylic acid groups (broad SMARTS) is 1. The fourth-order valence-corrected chi connectivity index (χ4v) is 3.54. The van der Waals surface area contributed by atoms with Gasteiger partial charge in [0.05, 0.1) is 0 Å². The molecule has 0 aromatic rings. The molecule has 4 heteroatoms. The zero-order valence-corrected chi connectivity index (χ0v) is 12.0. The number of piperidine rings is 1. The molecule has 19 heavy (non-hydrogen) atoms. The molecule has 0 saturated carbocycles. The normalized spacial score (nSPS) is 27.8. The molecule has 0 radical (unpaired) electrons. The standard InChI is InChI=1S/C15H23NO3/c1-9(2)8-13-12-4-5-14(17)10(3)11(12)6-7-16(13)15(18)19/h9,12-13H,4-8H2,1-3H3,(H,18,19). The van der Waals surface area contributed by atoms with E-state index in [-0.39, 0.29) is 17.7 Å². The van der Waals surface area contributed by atoms with E-state index >= 15 is 0 Å². The van der Waals surface area contributed by atoms with E-state index < -0.39 is 6.09 Å². The largest absolute Gasteiger partial charge is 0.465 e. The number of rotatable bonds is 2. The van der Waals surface area contributed by atoms with Gasteiger partial charge in [0.1, 0.15) is 0 Å². The molecule has 0 aromatic carbocycles. The second-order valence-electron chi connectivity index (χ2n) is 6.14. The number of carbonyl (C=O) groups excluding carboxylic acids is 1. The molecular weight excluding hydrogens is 242 g/mol. The lowest BCUT2D eigenvalue weighted by Gasteiger charge is -2.44. The Bertz CT molecular complexity index is 425. The third-order valence-corrected chi connectivity index (χ3v) is 4.48. The number of likely N-dealkylation sites (tertiary alicyclic amines) is 1. The van der Waals surface area contributed by atoms with Crippen molar-refractivity contribution in [2.45, 2.75) is 52.5 Å². The minimum Gasteiger partial charge on any atom is -0.465 e. The lowest BCUT2D eigenvalue weighted by molar-refractivity contribution is -0.116. The summed E-state index contributed by atoms with van der Waals surface area (Å²) < 4.78 is 0. The first-order valence-corrected chi connectivity index (χ1v) is 7.14. The molecule has 2 unspecified atom stereocenters. The Morgan fingerprint density at radius 1 is 1.42 bits per heavy atom. The first-order chi connectivity index (χ1) is 8.91. The predicted molar refractivity (Wildman–Crippen MR) is 73.0 cm³/mol. The van der Waals surface area contributed by atoms with Gasteiger partial charge in [0.2, 0.25) is 0 Å². The highest BCUT2D eigenvalue weighted by Gasteiger charge is 2.40. The third kappa shape index (κ3) is 2.67. The summed E-state index contributed by atoms with van der Waals surface area (Å²) in [6, 6.07) is 0.0456. The summed E-state index contributed by atoms with van der Waals surface area (Å²) in [6.07, 6.45) is 2.17. The molecule has 1 saturated heterocycles. The molecule has 1 heterocycles. The number of hydrogen-bond donors (Lipinski definition) is 1. The van der Waals surface area contributed by atoms with Gasteiger partial charge < -0.3 is 10.0 Å². The Morgan fingerprint density at radius 3 is 2.68 bits per heavy atom. The number of Topliss-reactive ketones (excluding diaryl/α,β-unsaturated/α-hetero) is 1. The molecule has 0 aromatic heterocycles. The van der Waals surface area contributed by atoms with E-state index in [1.807, 2.05) is 6.92 Å². The minimum absolute atomic E-state index is 0.0456. The van der Waals surface area contributed by atoms with Gasteiger partial charge in [-0.05, 0) is 37.7 Å².